The SMILES string of the molecule is CC(CCc1ccn[nH]1)N1CC(N)C1. The summed E-state index contributed by atoms with van der Waals surface area (Å²) in [6.45, 7) is 4.39. The highest BCUT2D eigenvalue weighted by molar-refractivity contribution is 4.98. The summed E-state index contributed by atoms with van der Waals surface area (Å²) in [4.78, 5) is 2.43. The molecule has 0 aliphatic carbocycles. The van der Waals surface area contributed by atoms with Crippen molar-refractivity contribution in [2.75, 3.05) is 13.1 Å². The van der Waals surface area contributed by atoms with Crippen molar-refractivity contribution in [1.82, 2.24) is 15.1 Å². The number of aromatic amines is 1. The molecule has 78 valence electrons. The first kappa shape index (κ1) is 9.68. The summed E-state index contributed by atoms with van der Waals surface area (Å²) in [5.41, 5.74) is 6.96. The molecule has 0 bridgehead atoms. The molecule has 1 aliphatic heterocycles. The molecule has 1 unspecified atom stereocenters. The Labute approximate surface area is 84.5 Å². The standard InChI is InChI=1S/C10H18N4/c1-8(14-6-9(11)7-14)2-3-10-4-5-12-13-10/h4-5,8-9H,2-3,6-7,11H2,1H3,(H,12,13). The molecular weight excluding hydrogens is 176 g/mol. The summed E-state index contributed by atoms with van der Waals surface area (Å²) < 4.78 is 0. The highest BCUT2D eigenvalue weighted by Crippen LogP contribution is 2.14. The van der Waals surface area contributed by atoms with Crippen LogP contribution < -0.4 is 5.73 Å². The first-order chi connectivity index (χ1) is 6.75. The van der Waals surface area contributed by atoms with E-state index in [0.717, 1.165) is 19.5 Å². The van der Waals surface area contributed by atoms with Crippen LogP contribution in [0.25, 0.3) is 0 Å². The van der Waals surface area contributed by atoms with Crippen molar-refractivity contribution in [3.05, 3.63) is 18.0 Å². The van der Waals surface area contributed by atoms with E-state index in [1.54, 1.807) is 6.20 Å². The van der Waals surface area contributed by atoms with Gasteiger partial charge in [0.25, 0.3) is 0 Å². The van der Waals surface area contributed by atoms with Crippen LogP contribution in [0.3, 0.4) is 0 Å². The van der Waals surface area contributed by atoms with E-state index in [9.17, 15) is 0 Å². The van der Waals surface area contributed by atoms with Crippen LogP contribution in [0, 0.1) is 0 Å². The van der Waals surface area contributed by atoms with Gasteiger partial charge in [0, 0.05) is 37.1 Å². The van der Waals surface area contributed by atoms with Crippen LogP contribution in [0.1, 0.15) is 19.0 Å². The Morgan fingerprint density at radius 2 is 2.50 bits per heavy atom. The maximum atomic E-state index is 5.74. The molecule has 1 aliphatic rings. The number of hydrogen-bond acceptors (Lipinski definition) is 3. The number of aryl methyl sites for hydroxylation is 1. The Morgan fingerprint density at radius 1 is 1.71 bits per heavy atom. The van der Waals surface area contributed by atoms with Crippen LogP contribution in [0.2, 0.25) is 0 Å². The topological polar surface area (TPSA) is 57.9 Å². The number of hydrogen-bond donors (Lipinski definition) is 2. The molecule has 4 heteroatoms. The Morgan fingerprint density at radius 3 is 3.07 bits per heavy atom. The normalized spacial score (nSPS) is 20.7. The van der Waals surface area contributed by atoms with Crippen molar-refractivity contribution in [3.8, 4) is 0 Å². The fraction of sp³-hybridized carbons (Fsp3) is 0.700. The van der Waals surface area contributed by atoms with Crippen molar-refractivity contribution in [2.45, 2.75) is 31.8 Å². The van der Waals surface area contributed by atoms with E-state index < -0.39 is 0 Å². The number of nitrogens with zero attached hydrogens (tertiary/aromatic N) is 2. The predicted molar refractivity (Wildman–Crippen MR) is 55.9 cm³/mol. The lowest BCUT2D eigenvalue weighted by Crippen LogP contribution is -2.58. The van der Waals surface area contributed by atoms with Gasteiger partial charge in [0.1, 0.15) is 0 Å². The van der Waals surface area contributed by atoms with Gasteiger partial charge in [0.2, 0.25) is 0 Å². The lowest BCUT2D eigenvalue weighted by atomic mass is 10.0. The highest BCUT2D eigenvalue weighted by Gasteiger charge is 2.26. The van der Waals surface area contributed by atoms with Gasteiger partial charge in [-0.3, -0.25) is 10.00 Å². The summed E-state index contributed by atoms with van der Waals surface area (Å²) in [6, 6.07) is 3.08. The van der Waals surface area contributed by atoms with E-state index in [1.807, 2.05) is 6.07 Å². The van der Waals surface area contributed by atoms with Crippen LogP contribution in [0.4, 0.5) is 0 Å². The molecule has 4 nitrogen and oxygen atoms in total. The molecule has 0 saturated carbocycles. The molecule has 1 aromatic rings. The zero-order valence-corrected chi connectivity index (χ0v) is 8.61. The molecule has 2 heterocycles. The van der Waals surface area contributed by atoms with E-state index in [2.05, 4.69) is 22.0 Å². The molecule has 0 amide bonds. The number of nitrogens with two attached hydrogens (primary N) is 1. The largest absolute Gasteiger partial charge is 0.325 e. The van der Waals surface area contributed by atoms with E-state index in [-0.39, 0.29) is 0 Å². The Kier molecular flexibility index (Phi) is 2.84. The second kappa shape index (κ2) is 4.11. The van der Waals surface area contributed by atoms with Crippen LogP contribution >= 0.6 is 0 Å². The fourth-order valence-electron chi connectivity index (χ4n) is 1.88. The lowest BCUT2D eigenvalue weighted by molar-refractivity contribution is 0.0982. The highest BCUT2D eigenvalue weighted by atomic mass is 15.2. The quantitative estimate of drug-likeness (QED) is 0.728. The third-order valence-corrected chi connectivity index (χ3v) is 2.95. The van der Waals surface area contributed by atoms with Crippen molar-refractivity contribution in [2.24, 2.45) is 5.73 Å². The smallest absolute Gasteiger partial charge is 0.0490 e. The number of nitrogens with one attached hydrogen (secondary N) is 1. The Hall–Kier alpha value is -0.870. The number of H-pyrrole nitrogens is 1. The summed E-state index contributed by atoms with van der Waals surface area (Å²) in [6.07, 6.45) is 4.06. The molecule has 1 saturated heterocycles. The maximum Gasteiger partial charge on any atom is 0.0490 e. The zero-order valence-electron chi connectivity index (χ0n) is 8.61. The number of aromatic nitrogens is 2. The molecule has 1 atom stereocenters. The van der Waals surface area contributed by atoms with Gasteiger partial charge in [0.05, 0.1) is 0 Å². The second-order valence-electron chi connectivity index (χ2n) is 4.18. The molecule has 3 N–H and O–H groups in total. The number of likely N-dealkylation sites (tertiary alicyclic amines) is 1. The summed E-state index contributed by atoms with van der Waals surface area (Å²) in [5.74, 6) is 0. The third-order valence-electron chi connectivity index (χ3n) is 2.95. The molecule has 0 aromatic carbocycles. The van der Waals surface area contributed by atoms with Crippen LogP contribution in [0.5, 0.6) is 0 Å². The van der Waals surface area contributed by atoms with Gasteiger partial charge in [-0.1, -0.05) is 0 Å². The molecule has 14 heavy (non-hydrogen) atoms. The summed E-state index contributed by atoms with van der Waals surface area (Å²) in [7, 11) is 0. The van der Waals surface area contributed by atoms with Gasteiger partial charge in [-0.05, 0) is 25.8 Å². The average molecular weight is 194 g/mol. The van der Waals surface area contributed by atoms with Crippen molar-refractivity contribution in [3.63, 3.8) is 0 Å². The van der Waals surface area contributed by atoms with E-state index in [0.29, 0.717) is 12.1 Å². The summed E-state index contributed by atoms with van der Waals surface area (Å²) in [5, 5.41) is 6.92. The average Bonchev–Trinajstić information content (AvgIpc) is 2.61. The minimum Gasteiger partial charge on any atom is -0.325 e. The lowest BCUT2D eigenvalue weighted by Gasteiger charge is -2.41. The van der Waals surface area contributed by atoms with Gasteiger partial charge in [-0.2, -0.15) is 5.10 Å². The molecular formula is C10H18N4. The summed E-state index contributed by atoms with van der Waals surface area (Å²) >= 11 is 0. The third kappa shape index (κ3) is 2.13. The van der Waals surface area contributed by atoms with Crippen LogP contribution in [0.15, 0.2) is 12.3 Å². The van der Waals surface area contributed by atoms with Gasteiger partial charge >= 0.3 is 0 Å². The van der Waals surface area contributed by atoms with Crippen molar-refractivity contribution < 1.29 is 0 Å². The molecule has 2 rings (SSSR count). The molecule has 1 aromatic heterocycles. The molecule has 0 radical (unpaired) electrons. The molecule has 1 fully saturated rings. The van der Waals surface area contributed by atoms with Crippen molar-refractivity contribution in [1.29, 1.82) is 0 Å². The first-order valence-corrected chi connectivity index (χ1v) is 5.23. The van der Waals surface area contributed by atoms with E-state index in [4.69, 9.17) is 5.73 Å². The molecule has 0 spiro atoms. The van der Waals surface area contributed by atoms with E-state index >= 15 is 0 Å². The Balaban J connectivity index is 1.70. The fourth-order valence-corrected chi connectivity index (χ4v) is 1.88. The van der Waals surface area contributed by atoms with E-state index in [1.165, 1.54) is 12.1 Å². The Bertz CT molecular complexity index is 264. The second-order valence-corrected chi connectivity index (χ2v) is 4.18. The minimum absolute atomic E-state index is 0.407. The minimum atomic E-state index is 0.407. The predicted octanol–water partition coefficient (Wildman–Crippen LogP) is 0.374. The van der Waals surface area contributed by atoms with Crippen molar-refractivity contribution >= 4 is 0 Å². The zero-order chi connectivity index (χ0) is 9.97. The van der Waals surface area contributed by atoms with Gasteiger partial charge in [-0.15, -0.1) is 0 Å². The van der Waals surface area contributed by atoms with Gasteiger partial charge in [0.15, 0.2) is 0 Å². The van der Waals surface area contributed by atoms with Crippen LogP contribution in [-0.2, 0) is 6.42 Å². The van der Waals surface area contributed by atoms with Crippen LogP contribution in [-0.4, -0.2) is 40.3 Å². The maximum absolute atomic E-state index is 5.74. The monoisotopic (exact) mass is 194 g/mol. The van der Waals surface area contributed by atoms with Gasteiger partial charge < -0.3 is 5.73 Å². The number of rotatable bonds is 4. The van der Waals surface area contributed by atoms with Gasteiger partial charge in [-0.25, -0.2) is 0 Å². The first-order valence-electron chi connectivity index (χ1n) is 5.23.